The normalized spacial score (nSPS) is 14.2. The van der Waals surface area contributed by atoms with Gasteiger partial charge in [-0.2, -0.15) is 0 Å². The lowest BCUT2D eigenvalue weighted by Crippen LogP contribution is -2.21. The molecule has 0 fully saturated rings. The molecule has 0 radical (unpaired) electrons. The standard InChI is InChI=1S/C12H15BrO2S/c1-8(12(14)15-3)9(2)16-11-7-5-4-6-10(11)13/h4-9H,1-3H3. The molecule has 88 valence electrons. The van der Waals surface area contributed by atoms with Crippen molar-refractivity contribution >= 4 is 33.7 Å². The smallest absolute Gasteiger partial charge is 0.309 e. The second kappa shape index (κ2) is 6.30. The number of hydrogen-bond donors (Lipinski definition) is 0. The molecule has 0 saturated carbocycles. The highest BCUT2D eigenvalue weighted by Gasteiger charge is 2.22. The molecule has 0 aliphatic heterocycles. The highest BCUT2D eigenvalue weighted by molar-refractivity contribution is 9.10. The molecule has 0 bridgehead atoms. The minimum absolute atomic E-state index is 0.109. The van der Waals surface area contributed by atoms with Gasteiger partial charge in [0.1, 0.15) is 0 Å². The molecule has 2 atom stereocenters. The predicted molar refractivity (Wildman–Crippen MR) is 70.6 cm³/mol. The van der Waals surface area contributed by atoms with Gasteiger partial charge in [0.15, 0.2) is 0 Å². The van der Waals surface area contributed by atoms with Gasteiger partial charge in [-0.1, -0.05) is 26.0 Å². The molecular weight excluding hydrogens is 288 g/mol. The van der Waals surface area contributed by atoms with Crippen molar-refractivity contribution in [1.29, 1.82) is 0 Å². The van der Waals surface area contributed by atoms with E-state index in [0.717, 1.165) is 9.37 Å². The van der Waals surface area contributed by atoms with E-state index in [4.69, 9.17) is 4.74 Å². The first-order chi connectivity index (χ1) is 7.56. The van der Waals surface area contributed by atoms with Crippen molar-refractivity contribution in [1.82, 2.24) is 0 Å². The maximum Gasteiger partial charge on any atom is 0.309 e. The van der Waals surface area contributed by atoms with Crippen LogP contribution in [-0.2, 0) is 9.53 Å². The van der Waals surface area contributed by atoms with Crippen LogP contribution in [-0.4, -0.2) is 18.3 Å². The summed E-state index contributed by atoms with van der Waals surface area (Å²) in [7, 11) is 1.43. The molecule has 0 heterocycles. The Morgan fingerprint density at radius 3 is 2.56 bits per heavy atom. The summed E-state index contributed by atoms with van der Waals surface area (Å²) >= 11 is 5.17. The van der Waals surface area contributed by atoms with E-state index in [-0.39, 0.29) is 17.1 Å². The molecule has 1 aromatic rings. The minimum atomic E-state index is -0.160. The van der Waals surface area contributed by atoms with Crippen LogP contribution in [0.1, 0.15) is 13.8 Å². The van der Waals surface area contributed by atoms with Crippen LogP contribution in [0.25, 0.3) is 0 Å². The predicted octanol–water partition coefficient (Wildman–Crippen LogP) is 3.74. The zero-order chi connectivity index (χ0) is 12.1. The van der Waals surface area contributed by atoms with E-state index < -0.39 is 0 Å². The van der Waals surface area contributed by atoms with Gasteiger partial charge in [0.25, 0.3) is 0 Å². The van der Waals surface area contributed by atoms with Gasteiger partial charge in [0, 0.05) is 14.6 Å². The first-order valence-corrected chi connectivity index (χ1v) is 6.72. The average molecular weight is 303 g/mol. The summed E-state index contributed by atoms with van der Waals surface area (Å²) in [6.45, 7) is 3.92. The molecule has 2 nitrogen and oxygen atoms in total. The first-order valence-electron chi connectivity index (χ1n) is 5.05. The zero-order valence-electron chi connectivity index (χ0n) is 9.57. The molecule has 0 saturated heterocycles. The van der Waals surface area contributed by atoms with Crippen LogP contribution in [0, 0.1) is 5.92 Å². The number of hydrogen-bond acceptors (Lipinski definition) is 3. The van der Waals surface area contributed by atoms with E-state index >= 15 is 0 Å². The second-order valence-corrected chi connectivity index (χ2v) is 5.84. The summed E-state index contributed by atoms with van der Waals surface area (Å²) < 4.78 is 5.80. The number of rotatable bonds is 4. The van der Waals surface area contributed by atoms with Crippen LogP contribution in [0.3, 0.4) is 0 Å². The quantitative estimate of drug-likeness (QED) is 0.626. The Labute approximate surface area is 109 Å². The van der Waals surface area contributed by atoms with E-state index in [9.17, 15) is 4.79 Å². The average Bonchev–Trinajstić information content (AvgIpc) is 2.30. The fourth-order valence-electron chi connectivity index (χ4n) is 1.22. The summed E-state index contributed by atoms with van der Waals surface area (Å²) in [6.07, 6.45) is 0. The van der Waals surface area contributed by atoms with Gasteiger partial charge in [-0.05, 0) is 28.1 Å². The number of benzene rings is 1. The Balaban J connectivity index is 2.68. The molecule has 0 aliphatic carbocycles. The van der Waals surface area contributed by atoms with Gasteiger partial charge < -0.3 is 4.74 Å². The zero-order valence-corrected chi connectivity index (χ0v) is 12.0. The van der Waals surface area contributed by atoms with Gasteiger partial charge >= 0.3 is 5.97 Å². The summed E-state index contributed by atoms with van der Waals surface area (Å²) in [5.74, 6) is -0.269. The Kier molecular flexibility index (Phi) is 5.35. The molecule has 16 heavy (non-hydrogen) atoms. The van der Waals surface area contributed by atoms with Crippen molar-refractivity contribution in [3.05, 3.63) is 28.7 Å². The lowest BCUT2D eigenvalue weighted by Gasteiger charge is -2.17. The Morgan fingerprint density at radius 2 is 2.00 bits per heavy atom. The van der Waals surface area contributed by atoms with Gasteiger partial charge in [-0.25, -0.2) is 0 Å². The maximum atomic E-state index is 11.4. The molecule has 0 N–H and O–H groups in total. The second-order valence-electron chi connectivity index (χ2n) is 3.57. The van der Waals surface area contributed by atoms with Crippen molar-refractivity contribution in [3.8, 4) is 0 Å². The van der Waals surface area contributed by atoms with E-state index in [0.29, 0.717) is 0 Å². The largest absolute Gasteiger partial charge is 0.469 e. The van der Waals surface area contributed by atoms with Crippen molar-refractivity contribution < 1.29 is 9.53 Å². The minimum Gasteiger partial charge on any atom is -0.469 e. The number of ether oxygens (including phenoxy) is 1. The fourth-order valence-corrected chi connectivity index (χ4v) is 2.84. The topological polar surface area (TPSA) is 26.3 Å². The Morgan fingerprint density at radius 1 is 1.38 bits per heavy atom. The van der Waals surface area contributed by atoms with E-state index in [1.807, 2.05) is 38.1 Å². The summed E-state index contributed by atoms with van der Waals surface area (Å²) in [4.78, 5) is 12.5. The van der Waals surface area contributed by atoms with Crippen LogP contribution < -0.4 is 0 Å². The summed E-state index contributed by atoms with van der Waals surface area (Å²) in [6, 6.07) is 8.00. The number of carbonyl (C=O) groups is 1. The van der Waals surface area contributed by atoms with Gasteiger partial charge in [0.05, 0.1) is 13.0 Å². The van der Waals surface area contributed by atoms with Gasteiger partial charge in [0.2, 0.25) is 0 Å². The van der Waals surface area contributed by atoms with Crippen molar-refractivity contribution in [2.45, 2.75) is 24.0 Å². The molecule has 0 spiro atoms. The van der Waals surface area contributed by atoms with Crippen molar-refractivity contribution in [2.24, 2.45) is 5.92 Å². The third kappa shape index (κ3) is 3.52. The number of halogens is 1. The highest BCUT2D eigenvalue weighted by Crippen LogP contribution is 2.33. The monoisotopic (exact) mass is 302 g/mol. The number of carbonyl (C=O) groups excluding carboxylic acids is 1. The van der Waals surface area contributed by atoms with E-state index in [2.05, 4.69) is 15.9 Å². The third-order valence-corrected chi connectivity index (χ3v) is 4.77. The molecule has 1 rings (SSSR count). The van der Waals surface area contributed by atoms with Gasteiger partial charge in [-0.3, -0.25) is 4.79 Å². The molecular formula is C12H15BrO2S. The van der Waals surface area contributed by atoms with Crippen LogP contribution in [0.5, 0.6) is 0 Å². The molecule has 2 unspecified atom stereocenters. The molecule has 0 amide bonds. The highest BCUT2D eigenvalue weighted by atomic mass is 79.9. The van der Waals surface area contributed by atoms with Gasteiger partial charge in [-0.15, -0.1) is 11.8 Å². The Hall–Kier alpha value is -0.480. The lowest BCUT2D eigenvalue weighted by atomic mass is 10.1. The molecule has 0 aliphatic rings. The van der Waals surface area contributed by atoms with E-state index in [1.165, 1.54) is 7.11 Å². The number of esters is 1. The van der Waals surface area contributed by atoms with Crippen LogP contribution >= 0.6 is 27.7 Å². The number of thioether (sulfide) groups is 1. The van der Waals surface area contributed by atoms with E-state index in [1.54, 1.807) is 11.8 Å². The fraction of sp³-hybridized carbons (Fsp3) is 0.417. The Bertz CT molecular complexity index is 368. The lowest BCUT2D eigenvalue weighted by molar-refractivity contribution is -0.144. The van der Waals surface area contributed by atoms with Crippen molar-refractivity contribution in [3.63, 3.8) is 0 Å². The molecule has 1 aromatic carbocycles. The van der Waals surface area contributed by atoms with Crippen molar-refractivity contribution in [2.75, 3.05) is 7.11 Å². The number of methoxy groups -OCH3 is 1. The maximum absolute atomic E-state index is 11.4. The molecule has 4 heteroatoms. The SMILES string of the molecule is COC(=O)C(C)C(C)Sc1ccccc1Br. The summed E-state index contributed by atoms with van der Waals surface area (Å²) in [5, 5.41) is 0.186. The van der Waals surface area contributed by atoms with Crippen LogP contribution in [0.2, 0.25) is 0 Å². The summed E-state index contributed by atoms with van der Waals surface area (Å²) in [5.41, 5.74) is 0. The molecule has 0 aromatic heterocycles. The first kappa shape index (κ1) is 13.6. The van der Waals surface area contributed by atoms with Crippen LogP contribution in [0.15, 0.2) is 33.6 Å². The van der Waals surface area contributed by atoms with Crippen LogP contribution in [0.4, 0.5) is 0 Å². The third-order valence-electron chi connectivity index (χ3n) is 2.43.